The molecule has 3 rings (SSSR count). The Morgan fingerprint density at radius 1 is 1.09 bits per heavy atom. The van der Waals surface area contributed by atoms with Crippen LogP contribution < -0.4 is 9.46 Å². The number of furan rings is 1. The fourth-order valence-corrected chi connectivity index (χ4v) is 5.19. The summed E-state index contributed by atoms with van der Waals surface area (Å²) in [7, 11) is -2.53. The third kappa shape index (κ3) is 7.10. The van der Waals surface area contributed by atoms with Crippen LogP contribution in [0.5, 0.6) is 5.75 Å². The van der Waals surface area contributed by atoms with Gasteiger partial charge in [-0.1, -0.05) is 24.3 Å². The highest BCUT2D eigenvalue weighted by atomic mass is 32.2. The van der Waals surface area contributed by atoms with Crippen molar-refractivity contribution in [3.05, 3.63) is 72.7 Å². The fraction of sp³-hybridized carbons (Fsp3) is 0.261. The Bertz CT molecular complexity index is 1130. The maximum atomic E-state index is 12.7. The normalized spacial score (nSPS) is 13.4. The van der Waals surface area contributed by atoms with Gasteiger partial charge in [-0.15, -0.1) is 0 Å². The zero-order valence-corrected chi connectivity index (χ0v) is 19.5. The van der Waals surface area contributed by atoms with Crippen LogP contribution in [0, 0.1) is 0 Å². The monoisotopic (exact) mass is 491 g/mol. The fourth-order valence-electron chi connectivity index (χ4n) is 3.10. The first-order chi connectivity index (χ1) is 15.8. The van der Waals surface area contributed by atoms with Crippen molar-refractivity contribution in [2.75, 3.05) is 12.9 Å². The predicted molar refractivity (Wildman–Crippen MR) is 126 cm³/mol. The van der Waals surface area contributed by atoms with Crippen molar-refractivity contribution < 1.29 is 32.6 Å². The van der Waals surface area contributed by atoms with Crippen LogP contribution in [0.4, 0.5) is 0 Å². The summed E-state index contributed by atoms with van der Waals surface area (Å²) in [6, 6.07) is 15.5. The van der Waals surface area contributed by atoms with E-state index in [2.05, 4.69) is 4.72 Å². The summed E-state index contributed by atoms with van der Waals surface area (Å²) in [6.07, 6.45) is 0.278. The summed E-state index contributed by atoms with van der Waals surface area (Å²) >= 11 is 1.37. The number of carboxylic acid groups (broad SMARTS) is 1. The van der Waals surface area contributed by atoms with Gasteiger partial charge in [-0.25, -0.2) is 8.42 Å². The first-order valence-electron chi connectivity index (χ1n) is 10.1. The third-order valence-electron chi connectivity index (χ3n) is 4.83. The van der Waals surface area contributed by atoms with Crippen LogP contribution in [0.2, 0.25) is 0 Å². The molecule has 2 atom stereocenters. The quantitative estimate of drug-likeness (QED) is 0.352. The van der Waals surface area contributed by atoms with E-state index in [-0.39, 0.29) is 17.1 Å². The lowest BCUT2D eigenvalue weighted by Crippen LogP contribution is -2.43. The van der Waals surface area contributed by atoms with E-state index in [0.29, 0.717) is 11.5 Å². The second-order valence-electron chi connectivity index (χ2n) is 7.25. The van der Waals surface area contributed by atoms with Gasteiger partial charge in [-0.3, -0.25) is 4.79 Å². The maximum Gasteiger partial charge on any atom is 0.321 e. The number of aliphatic hydroxyl groups is 1. The molecule has 0 aliphatic rings. The average Bonchev–Trinajstić information content (AvgIpc) is 3.32. The molecule has 10 heteroatoms. The van der Waals surface area contributed by atoms with Crippen molar-refractivity contribution in [3.63, 3.8) is 0 Å². The Morgan fingerprint density at radius 2 is 1.73 bits per heavy atom. The Kier molecular flexibility index (Phi) is 8.56. The molecular formula is C23H25NO7S2. The van der Waals surface area contributed by atoms with Gasteiger partial charge in [0.2, 0.25) is 10.0 Å². The molecule has 0 spiro atoms. The van der Waals surface area contributed by atoms with Gasteiger partial charge in [0.25, 0.3) is 0 Å². The van der Waals surface area contributed by atoms with Crippen molar-refractivity contribution in [1.82, 2.24) is 4.72 Å². The SMILES string of the molecule is COc1ccc(-c2ccc(S(=O)(=O)NC(CC(O)CSCc3ccco3)C(=O)O)cc2)cc1. The highest BCUT2D eigenvalue weighted by Gasteiger charge is 2.27. The summed E-state index contributed by atoms with van der Waals surface area (Å²) in [4.78, 5) is 11.6. The summed E-state index contributed by atoms with van der Waals surface area (Å²) in [5, 5.41) is 19.7. The average molecular weight is 492 g/mol. The number of hydrogen-bond acceptors (Lipinski definition) is 7. The maximum absolute atomic E-state index is 12.7. The van der Waals surface area contributed by atoms with Crippen molar-refractivity contribution in [3.8, 4) is 16.9 Å². The number of nitrogens with one attached hydrogen (secondary N) is 1. The molecule has 0 saturated carbocycles. The lowest BCUT2D eigenvalue weighted by Gasteiger charge is -2.18. The molecule has 1 aromatic heterocycles. The van der Waals surface area contributed by atoms with Crippen molar-refractivity contribution in [2.45, 2.75) is 29.2 Å². The Balaban J connectivity index is 1.61. The number of ether oxygens (including phenoxy) is 1. The number of aliphatic hydroxyl groups excluding tert-OH is 1. The molecule has 2 unspecified atom stereocenters. The number of aliphatic carboxylic acids is 1. The van der Waals surface area contributed by atoms with E-state index in [1.165, 1.54) is 23.9 Å². The topological polar surface area (TPSA) is 126 Å². The predicted octanol–water partition coefficient (Wildman–Crippen LogP) is 3.37. The minimum Gasteiger partial charge on any atom is -0.497 e. The molecule has 0 fully saturated rings. The van der Waals surface area contributed by atoms with Gasteiger partial charge < -0.3 is 19.4 Å². The number of carboxylic acids is 1. The largest absolute Gasteiger partial charge is 0.497 e. The molecule has 3 N–H and O–H groups in total. The molecule has 176 valence electrons. The van der Waals surface area contributed by atoms with Crippen LogP contribution >= 0.6 is 11.8 Å². The molecule has 0 aliphatic carbocycles. The standard InChI is InChI=1S/C23H25NO7S2/c1-30-19-8-4-16(5-9-19)17-6-10-21(11-7-17)33(28,29)24-22(23(26)27)13-18(25)14-32-15-20-3-2-12-31-20/h2-12,18,22,24-25H,13-15H2,1H3,(H,26,27). The van der Waals surface area contributed by atoms with Gasteiger partial charge in [0.1, 0.15) is 17.6 Å². The van der Waals surface area contributed by atoms with Crippen LogP contribution in [0.3, 0.4) is 0 Å². The lowest BCUT2D eigenvalue weighted by molar-refractivity contribution is -0.139. The van der Waals surface area contributed by atoms with E-state index >= 15 is 0 Å². The molecule has 2 aromatic carbocycles. The van der Waals surface area contributed by atoms with Crippen LogP contribution in [0.25, 0.3) is 11.1 Å². The molecule has 0 radical (unpaired) electrons. The summed E-state index contributed by atoms with van der Waals surface area (Å²) in [5.74, 6) is 0.851. The van der Waals surface area contributed by atoms with Crippen molar-refractivity contribution in [1.29, 1.82) is 0 Å². The highest BCUT2D eigenvalue weighted by molar-refractivity contribution is 7.98. The van der Waals surface area contributed by atoms with Crippen LogP contribution in [0.1, 0.15) is 12.2 Å². The van der Waals surface area contributed by atoms with Gasteiger partial charge in [0, 0.05) is 12.2 Å². The molecule has 3 aromatic rings. The van der Waals surface area contributed by atoms with E-state index in [9.17, 15) is 23.4 Å². The first kappa shape index (κ1) is 24.8. The smallest absolute Gasteiger partial charge is 0.321 e. The highest BCUT2D eigenvalue weighted by Crippen LogP contribution is 2.24. The van der Waals surface area contributed by atoms with Gasteiger partial charge in [0.05, 0.1) is 30.1 Å². The van der Waals surface area contributed by atoms with E-state index < -0.39 is 28.1 Å². The second kappa shape index (κ2) is 11.4. The van der Waals surface area contributed by atoms with Crippen molar-refractivity contribution >= 4 is 27.8 Å². The zero-order chi connectivity index (χ0) is 23.8. The van der Waals surface area contributed by atoms with Crippen molar-refractivity contribution in [2.24, 2.45) is 0 Å². The van der Waals surface area contributed by atoms with Gasteiger partial charge in [-0.2, -0.15) is 16.5 Å². The Hall–Kier alpha value is -2.79. The first-order valence-corrected chi connectivity index (χ1v) is 12.7. The molecular weight excluding hydrogens is 466 g/mol. The molecule has 0 amide bonds. The molecule has 0 saturated heterocycles. The molecule has 0 aliphatic heterocycles. The number of rotatable bonds is 12. The van der Waals surface area contributed by atoms with Crippen LogP contribution in [-0.2, 0) is 20.6 Å². The van der Waals surface area contributed by atoms with E-state index in [4.69, 9.17) is 9.15 Å². The number of benzene rings is 2. The Labute approximate surface area is 196 Å². The number of carbonyl (C=O) groups is 1. The summed E-state index contributed by atoms with van der Waals surface area (Å²) in [6.45, 7) is 0. The van der Waals surface area contributed by atoms with E-state index in [0.717, 1.165) is 16.9 Å². The van der Waals surface area contributed by atoms with E-state index in [1.807, 2.05) is 12.1 Å². The van der Waals surface area contributed by atoms with E-state index in [1.54, 1.807) is 49.8 Å². The molecule has 33 heavy (non-hydrogen) atoms. The molecule has 0 bridgehead atoms. The summed E-state index contributed by atoms with van der Waals surface area (Å²) in [5.41, 5.74) is 1.68. The van der Waals surface area contributed by atoms with Gasteiger partial charge in [-0.05, 0) is 47.5 Å². The van der Waals surface area contributed by atoms with Crippen LogP contribution in [-0.4, -0.2) is 49.6 Å². The molecule has 1 heterocycles. The Morgan fingerprint density at radius 3 is 2.27 bits per heavy atom. The zero-order valence-electron chi connectivity index (χ0n) is 17.9. The van der Waals surface area contributed by atoms with Gasteiger partial charge >= 0.3 is 5.97 Å². The minimum absolute atomic E-state index is 0.0623. The molecule has 8 nitrogen and oxygen atoms in total. The number of hydrogen-bond donors (Lipinski definition) is 3. The number of methoxy groups -OCH3 is 1. The lowest BCUT2D eigenvalue weighted by atomic mass is 10.1. The minimum atomic E-state index is -4.10. The number of sulfonamides is 1. The third-order valence-corrected chi connectivity index (χ3v) is 7.42. The number of thioether (sulfide) groups is 1. The summed E-state index contributed by atoms with van der Waals surface area (Å²) < 4.78 is 38.0. The second-order valence-corrected chi connectivity index (χ2v) is 9.99. The van der Waals surface area contributed by atoms with Gasteiger partial charge in [0.15, 0.2) is 0 Å². The van der Waals surface area contributed by atoms with Crippen LogP contribution in [0.15, 0.2) is 76.2 Å².